The van der Waals surface area contributed by atoms with E-state index in [1.165, 1.54) is 0 Å². The highest BCUT2D eigenvalue weighted by molar-refractivity contribution is 5.77. The fourth-order valence-electron chi connectivity index (χ4n) is 1.79. The Balaban J connectivity index is 2.74. The van der Waals surface area contributed by atoms with Crippen molar-refractivity contribution in [3.05, 3.63) is 29.3 Å². The summed E-state index contributed by atoms with van der Waals surface area (Å²) in [7, 11) is 1.78. The summed E-state index contributed by atoms with van der Waals surface area (Å²) in [6, 6.07) is 6.46. The number of nitrogens with zero attached hydrogens (tertiary/aromatic N) is 1. The number of nitrogens with one attached hydrogen (secondary N) is 1. The van der Waals surface area contributed by atoms with Crippen LogP contribution < -0.4 is 10.1 Å². The van der Waals surface area contributed by atoms with Crippen LogP contribution in [0.25, 0.3) is 0 Å². The molecule has 0 heterocycles. The lowest BCUT2D eigenvalue weighted by atomic mass is 10.1. The first-order valence-electron chi connectivity index (χ1n) is 7.14. The second kappa shape index (κ2) is 7.90. The maximum atomic E-state index is 11.8. The fraction of sp³-hybridized carbons (Fsp3) is 0.562. The lowest BCUT2D eigenvalue weighted by Crippen LogP contribution is -2.31. The molecule has 1 aromatic carbocycles. The molecule has 0 atom stereocenters. The molecule has 20 heavy (non-hydrogen) atoms. The quantitative estimate of drug-likeness (QED) is 0.832. The van der Waals surface area contributed by atoms with Crippen LogP contribution in [0, 0.1) is 6.92 Å². The standard InChI is InChI=1S/C16H26N2O2/c1-6-18(5)15(19)11-20-16-13(4)8-7-9-14(16)10-17-12(2)3/h7-9,12,17H,6,10-11H2,1-5H3. The SMILES string of the molecule is CCN(C)C(=O)COc1c(C)cccc1CNC(C)C. The van der Waals surface area contributed by atoms with Crippen LogP contribution in [0.1, 0.15) is 31.9 Å². The molecule has 0 spiro atoms. The van der Waals surface area contributed by atoms with Crippen molar-refractivity contribution in [3.8, 4) is 5.75 Å². The Bertz CT molecular complexity index is 444. The number of carbonyl (C=O) groups is 1. The third kappa shape index (κ3) is 4.85. The maximum Gasteiger partial charge on any atom is 0.260 e. The van der Waals surface area contributed by atoms with E-state index in [0.717, 1.165) is 23.4 Å². The van der Waals surface area contributed by atoms with Crippen LogP contribution in [0.4, 0.5) is 0 Å². The summed E-state index contributed by atoms with van der Waals surface area (Å²) < 4.78 is 5.75. The molecule has 1 rings (SSSR count). The van der Waals surface area contributed by atoms with Gasteiger partial charge in [0.25, 0.3) is 5.91 Å². The summed E-state index contributed by atoms with van der Waals surface area (Å²) in [4.78, 5) is 13.5. The minimum absolute atomic E-state index is 0.00137. The van der Waals surface area contributed by atoms with E-state index in [1.54, 1.807) is 11.9 Å². The van der Waals surface area contributed by atoms with Gasteiger partial charge in [0.05, 0.1) is 0 Å². The highest BCUT2D eigenvalue weighted by Crippen LogP contribution is 2.23. The lowest BCUT2D eigenvalue weighted by molar-refractivity contribution is -0.131. The summed E-state index contributed by atoms with van der Waals surface area (Å²) in [5, 5.41) is 3.38. The van der Waals surface area contributed by atoms with E-state index in [9.17, 15) is 4.79 Å². The van der Waals surface area contributed by atoms with Crippen LogP contribution in [-0.2, 0) is 11.3 Å². The molecular formula is C16H26N2O2. The van der Waals surface area contributed by atoms with Gasteiger partial charge >= 0.3 is 0 Å². The number of para-hydroxylation sites is 1. The molecule has 1 amide bonds. The Kier molecular flexibility index (Phi) is 6.52. The zero-order valence-corrected chi connectivity index (χ0v) is 13.2. The third-order valence-electron chi connectivity index (χ3n) is 3.23. The summed E-state index contributed by atoms with van der Waals surface area (Å²) in [5.74, 6) is 0.817. The summed E-state index contributed by atoms with van der Waals surface area (Å²) in [6.45, 7) is 9.69. The van der Waals surface area contributed by atoms with Crippen molar-refractivity contribution in [2.24, 2.45) is 0 Å². The Labute approximate surface area is 122 Å². The van der Waals surface area contributed by atoms with E-state index in [4.69, 9.17) is 4.74 Å². The first kappa shape index (κ1) is 16.5. The van der Waals surface area contributed by atoms with Gasteiger partial charge in [-0.15, -0.1) is 0 Å². The second-order valence-electron chi connectivity index (χ2n) is 5.30. The predicted octanol–water partition coefficient (Wildman–Crippen LogP) is 2.35. The molecule has 4 nitrogen and oxygen atoms in total. The number of ether oxygens (including phenoxy) is 1. The molecule has 112 valence electrons. The predicted molar refractivity (Wildman–Crippen MR) is 82.0 cm³/mol. The third-order valence-corrected chi connectivity index (χ3v) is 3.23. The van der Waals surface area contributed by atoms with Gasteiger partial charge in [0.1, 0.15) is 5.75 Å². The molecule has 0 saturated heterocycles. The van der Waals surface area contributed by atoms with Crippen LogP contribution in [-0.4, -0.2) is 37.0 Å². The molecule has 0 saturated carbocycles. The highest BCUT2D eigenvalue weighted by Gasteiger charge is 2.12. The molecule has 0 aliphatic rings. The molecule has 0 aliphatic carbocycles. The smallest absolute Gasteiger partial charge is 0.260 e. The van der Waals surface area contributed by atoms with E-state index in [0.29, 0.717) is 12.6 Å². The van der Waals surface area contributed by atoms with E-state index >= 15 is 0 Å². The van der Waals surface area contributed by atoms with Crippen molar-refractivity contribution in [3.63, 3.8) is 0 Å². The van der Waals surface area contributed by atoms with Crippen LogP contribution >= 0.6 is 0 Å². The summed E-state index contributed by atoms with van der Waals surface area (Å²) in [5.41, 5.74) is 2.14. The number of hydrogen-bond acceptors (Lipinski definition) is 3. The number of rotatable bonds is 7. The molecule has 0 radical (unpaired) electrons. The number of amides is 1. The Morgan fingerprint density at radius 1 is 1.40 bits per heavy atom. The van der Waals surface area contributed by atoms with Gasteiger partial charge in [-0.25, -0.2) is 0 Å². The molecule has 1 aromatic rings. The number of likely N-dealkylation sites (N-methyl/N-ethyl adjacent to an activating group) is 1. The maximum absolute atomic E-state index is 11.8. The molecule has 0 aliphatic heterocycles. The Morgan fingerprint density at radius 2 is 2.10 bits per heavy atom. The zero-order valence-electron chi connectivity index (χ0n) is 13.2. The minimum atomic E-state index is -0.00137. The van der Waals surface area contributed by atoms with Crippen molar-refractivity contribution in [2.75, 3.05) is 20.2 Å². The minimum Gasteiger partial charge on any atom is -0.483 e. The van der Waals surface area contributed by atoms with Gasteiger partial charge in [0, 0.05) is 31.7 Å². The number of carbonyl (C=O) groups excluding carboxylic acids is 1. The molecule has 0 fully saturated rings. The van der Waals surface area contributed by atoms with Crippen LogP contribution in [0.5, 0.6) is 5.75 Å². The Morgan fingerprint density at radius 3 is 2.70 bits per heavy atom. The van der Waals surface area contributed by atoms with Gasteiger partial charge in [-0.1, -0.05) is 32.0 Å². The molecular weight excluding hydrogens is 252 g/mol. The van der Waals surface area contributed by atoms with E-state index in [1.807, 2.05) is 32.0 Å². The Hall–Kier alpha value is -1.55. The van der Waals surface area contributed by atoms with Crippen molar-refractivity contribution >= 4 is 5.91 Å². The number of aryl methyl sites for hydroxylation is 1. The lowest BCUT2D eigenvalue weighted by Gasteiger charge is -2.18. The molecule has 1 N–H and O–H groups in total. The van der Waals surface area contributed by atoms with Crippen LogP contribution in [0.15, 0.2) is 18.2 Å². The fourth-order valence-corrected chi connectivity index (χ4v) is 1.79. The first-order valence-corrected chi connectivity index (χ1v) is 7.14. The zero-order chi connectivity index (χ0) is 15.1. The van der Waals surface area contributed by atoms with Gasteiger partial charge in [-0.3, -0.25) is 4.79 Å². The van der Waals surface area contributed by atoms with E-state index in [-0.39, 0.29) is 12.5 Å². The van der Waals surface area contributed by atoms with Crippen molar-refractivity contribution in [1.29, 1.82) is 0 Å². The normalized spacial score (nSPS) is 10.7. The largest absolute Gasteiger partial charge is 0.483 e. The topological polar surface area (TPSA) is 41.6 Å². The first-order chi connectivity index (χ1) is 9.45. The highest BCUT2D eigenvalue weighted by atomic mass is 16.5. The average Bonchev–Trinajstić information content (AvgIpc) is 2.42. The van der Waals surface area contributed by atoms with Crippen LogP contribution in [0.3, 0.4) is 0 Å². The molecule has 0 bridgehead atoms. The van der Waals surface area contributed by atoms with E-state index in [2.05, 4.69) is 19.2 Å². The summed E-state index contributed by atoms with van der Waals surface area (Å²) in [6.07, 6.45) is 0. The molecule has 4 heteroatoms. The van der Waals surface area contributed by atoms with Gasteiger partial charge in [-0.05, 0) is 19.4 Å². The van der Waals surface area contributed by atoms with Crippen LogP contribution in [0.2, 0.25) is 0 Å². The number of hydrogen-bond donors (Lipinski definition) is 1. The van der Waals surface area contributed by atoms with Crippen molar-refractivity contribution in [2.45, 2.75) is 40.3 Å². The molecule has 0 aromatic heterocycles. The van der Waals surface area contributed by atoms with Gasteiger partial charge in [0.2, 0.25) is 0 Å². The number of benzene rings is 1. The van der Waals surface area contributed by atoms with Gasteiger partial charge in [-0.2, -0.15) is 0 Å². The second-order valence-corrected chi connectivity index (χ2v) is 5.30. The van der Waals surface area contributed by atoms with E-state index < -0.39 is 0 Å². The summed E-state index contributed by atoms with van der Waals surface area (Å²) >= 11 is 0. The molecule has 0 unspecified atom stereocenters. The van der Waals surface area contributed by atoms with Crippen molar-refractivity contribution < 1.29 is 9.53 Å². The average molecular weight is 278 g/mol. The van der Waals surface area contributed by atoms with Gasteiger partial charge in [0.15, 0.2) is 6.61 Å². The van der Waals surface area contributed by atoms with Crippen molar-refractivity contribution in [1.82, 2.24) is 10.2 Å². The van der Waals surface area contributed by atoms with Gasteiger partial charge < -0.3 is 15.0 Å². The monoisotopic (exact) mass is 278 g/mol.